The number of nitrogens with zero attached hydrogens (tertiary/aromatic N) is 3. The number of methoxy groups -OCH3 is 1. The molecule has 2 aromatic rings. The standard InChI is InChI=1S/C17H24N4O4S/c1-13-19-17(25-20-13)12-21-9-3-4-14(11-21)10-18-26(22,23)16-7-5-15(24-2)6-8-16/h5-8,14,18H,3-4,9-12H2,1-2H3/t14-/m0/s1. The molecule has 1 aromatic carbocycles. The zero-order valence-electron chi connectivity index (χ0n) is 15.0. The lowest BCUT2D eigenvalue weighted by Crippen LogP contribution is -2.40. The molecule has 26 heavy (non-hydrogen) atoms. The quantitative estimate of drug-likeness (QED) is 0.779. The van der Waals surface area contributed by atoms with E-state index in [9.17, 15) is 8.42 Å². The molecule has 1 saturated heterocycles. The molecule has 9 heteroatoms. The summed E-state index contributed by atoms with van der Waals surface area (Å²) in [4.78, 5) is 6.70. The molecule has 1 N–H and O–H groups in total. The number of benzene rings is 1. The summed E-state index contributed by atoms with van der Waals surface area (Å²) in [6.45, 7) is 4.55. The molecule has 142 valence electrons. The largest absolute Gasteiger partial charge is 0.497 e. The highest BCUT2D eigenvalue weighted by atomic mass is 32.2. The molecular weight excluding hydrogens is 356 g/mol. The fraction of sp³-hybridized carbons (Fsp3) is 0.529. The second-order valence-corrected chi connectivity index (χ2v) is 8.27. The lowest BCUT2D eigenvalue weighted by molar-refractivity contribution is 0.151. The molecule has 1 aromatic heterocycles. The van der Waals surface area contributed by atoms with Crippen LogP contribution in [-0.2, 0) is 16.6 Å². The lowest BCUT2D eigenvalue weighted by atomic mass is 9.98. The van der Waals surface area contributed by atoms with Crippen LogP contribution < -0.4 is 9.46 Å². The molecule has 3 rings (SSSR count). The summed E-state index contributed by atoms with van der Waals surface area (Å²) < 4.78 is 37.9. The van der Waals surface area contributed by atoms with Gasteiger partial charge in [0.05, 0.1) is 18.6 Å². The van der Waals surface area contributed by atoms with E-state index in [2.05, 4.69) is 19.8 Å². The van der Waals surface area contributed by atoms with Crippen LogP contribution in [0.25, 0.3) is 0 Å². The highest BCUT2D eigenvalue weighted by Gasteiger charge is 2.23. The van der Waals surface area contributed by atoms with Gasteiger partial charge < -0.3 is 9.26 Å². The minimum Gasteiger partial charge on any atom is -0.497 e. The van der Waals surface area contributed by atoms with Crippen LogP contribution in [0.3, 0.4) is 0 Å². The summed E-state index contributed by atoms with van der Waals surface area (Å²) in [5, 5.41) is 3.80. The number of piperidine rings is 1. The van der Waals surface area contributed by atoms with Gasteiger partial charge >= 0.3 is 0 Å². The highest BCUT2D eigenvalue weighted by Crippen LogP contribution is 2.19. The maximum atomic E-state index is 12.5. The molecule has 0 spiro atoms. The predicted molar refractivity (Wildman–Crippen MR) is 95.2 cm³/mol. The third kappa shape index (κ3) is 4.80. The number of ether oxygens (including phenoxy) is 1. The zero-order chi connectivity index (χ0) is 18.6. The molecule has 0 bridgehead atoms. The Balaban J connectivity index is 1.54. The fourth-order valence-electron chi connectivity index (χ4n) is 3.12. The van der Waals surface area contributed by atoms with Crippen molar-refractivity contribution in [2.45, 2.75) is 31.2 Å². The van der Waals surface area contributed by atoms with Gasteiger partial charge in [-0.2, -0.15) is 4.98 Å². The first-order valence-electron chi connectivity index (χ1n) is 8.61. The molecule has 0 unspecified atom stereocenters. The van der Waals surface area contributed by atoms with Crippen LogP contribution in [0.1, 0.15) is 24.6 Å². The van der Waals surface area contributed by atoms with Crippen LogP contribution in [0.2, 0.25) is 0 Å². The first kappa shape index (κ1) is 18.8. The Kier molecular flexibility index (Phi) is 5.90. The third-order valence-electron chi connectivity index (χ3n) is 4.46. The molecule has 1 aliphatic rings. The van der Waals surface area contributed by atoms with Gasteiger partial charge in [-0.05, 0) is 56.5 Å². The van der Waals surface area contributed by atoms with Gasteiger partial charge in [-0.15, -0.1) is 0 Å². The van der Waals surface area contributed by atoms with Crippen LogP contribution in [0.5, 0.6) is 5.75 Å². The van der Waals surface area contributed by atoms with Gasteiger partial charge in [-0.25, -0.2) is 13.1 Å². The Labute approximate surface area is 153 Å². The first-order valence-corrected chi connectivity index (χ1v) is 10.1. The van der Waals surface area contributed by atoms with Crippen molar-refractivity contribution < 1.29 is 17.7 Å². The molecule has 0 radical (unpaired) electrons. The van der Waals surface area contributed by atoms with Crippen molar-refractivity contribution in [1.29, 1.82) is 0 Å². The van der Waals surface area contributed by atoms with E-state index in [0.717, 1.165) is 25.9 Å². The number of likely N-dealkylation sites (tertiary alicyclic amines) is 1. The van der Waals surface area contributed by atoms with Crippen LogP contribution in [0, 0.1) is 12.8 Å². The number of hydrogen-bond donors (Lipinski definition) is 1. The normalized spacial score (nSPS) is 18.8. The average molecular weight is 380 g/mol. The molecule has 1 atom stereocenters. The second-order valence-electron chi connectivity index (χ2n) is 6.51. The number of sulfonamides is 1. The molecule has 2 heterocycles. The van der Waals surface area contributed by atoms with Gasteiger partial charge in [-0.3, -0.25) is 4.90 Å². The molecule has 1 fully saturated rings. The van der Waals surface area contributed by atoms with Crippen molar-refractivity contribution >= 4 is 10.0 Å². The number of aromatic nitrogens is 2. The summed E-state index contributed by atoms with van der Waals surface area (Å²) >= 11 is 0. The van der Waals surface area contributed by atoms with Crippen LogP contribution in [-0.4, -0.2) is 50.2 Å². The summed E-state index contributed by atoms with van der Waals surface area (Å²) in [7, 11) is -1.97. The maximum Gasteiger partial charge on any atom is 0.240 e. The summed E-state index contributed by atoms with van der Waals surface area (Å²) in [5.74, 6) is 2.10. The Morgan fingerprint density at radius 1 is 1.35 bits per heavy atom. The van der Waals surface area contributed by atoms with Gasteiger partial charge in [0.1, 0.15) is 5.75 Å². The van der Waals surface area contributed by atoms with E-state index in [4.69, 9.17) is 9.26 Å². The van der Waals surface area contributed by atoms with Crippen LogP contribution >= 0.6 is 0 Å². The van der Waals surface area contributed by atoms with Crippen LogP contribution in [0.15, 0.2) is 33.7 Å². The summed E-state index contributed by atoms with van der Waals surface area (Å²) in [5.41, 5.74) is 0. The maximum absolute atomic E-state index is 12.5. The molecule has 1 aliphatic heterocycles. The molecule has 0 saturated carbocycles. The van der Waals surface area contributed by atoms with E-state index in [0.29, 0.717) is 30.6 Å². The topological polar surface area (TPSA) is 97.6 Å². The van der Waals surface area contributed by atoms with Crippen molar-refractivity contribution in [1.82, 2.24) is 19.8 Å². The van der Waals surface area contributed by atoms with Crippen molar-refractivity contribution in [2.24, 2.45) is 5.92 Å². The van der Waals surface area contributed by atoms with Gasteiger partial charge in [0.2, 0.25) is 15.9 Å². The van der Waals surface area contributed by atoms with E-state index in [-0.39, 0.29) is 10.8 Å². The average Bonchev–Trinajstić information content (AvgIpc) is 3.05. The molecule has 0 amide bonds. The lowest BCUT2D eigenvalue weighted by Gasteiger charge is -2.31. The zero-order valence-corrected chi connectivity index (χ0v) is 15.8. The van der Waals surface area contributed by atoms with Gasteiger partial charge in [-0.1, -0.05) is 5.16 Å². The van der Waals surface area contributed by atoms with Gasteiger partial charge in [0.25, 0.3) is 0 Å². The number of hydrogen-bond acceptors (Lipinski definition) is 7. The Hall–Kier alpha value is -1.97. The summed E-state index contributed by atoms with van der Waals surface area (Å²) in [6, 6.07) is 6.38. The Bertz CT molecular complexity index is 820. The van der Waals surface area contributed by atoms with Gasteiger partial charge in [0.15, 0.2) is 5.82 Å². The predicted octanol–water partition coefficient (Wildman–Crippen LogP) is 1.58. The van der Waals surface area contributed by atoms with Crippen molar-refractivity contribution in [3.63, 3.8) is 0 Å². The van der Waals surface area contributed by atoms with Crippen molar-refractivity contribution in [3.05, 3.63) is 36.0 Å². The minimum atomic E-state index is -3.52. The fourth-order valence-corrected chi connectivity index (χ4v) is 4.24. The van der Waals surface area contributed by atoms with Crippen molar-refractivity contribution in [3.8, 4) is 5.75 Å². The Morgan fingerprint density at radius 3 is 2.77 bits per heavy atom. The third-order valence-corrected chi connectivity index (χ3v) is 5.90. The number of rotatable bonds is 7. The SMILES string of the molecule is COc1ccc(S(=O)(=O)NC[C@@H]2CCCN(Cc3nc(C)no3)C2)cc1. The minimum absolute atomic E-state index is 0.243. The van der Waals surface area contributed by atoms with E-state index < -0.39 is 10.0 Å². The van der Waals surface area contributed by atoms with E-state index in [1.54, 1.807) is 38.3 Å². The highest BCUT2D eigenvalue weighted by molar-refractivity contribution is 7.89. The second kappa shape index (κ2) is 8.15. The smallest absolute Gasteiger partial charge is 0.240 e. The van der Waals surface area contributed by atoms with E-state index >= 15 is 0 Å². The molecular formula is C17H24N4O4S. The van der Waals surface area contributed by atoms with E-state index in [1.807, 2.05) is 0 Å². The van der Waals surface area contributed by atoms with Crippen LogP contribution in [0.4, 0.5) is 0 Å². The first-order chi connectivity index (χ1) is 12.5. The monoisotopic (exact) mass is 380 g/mol. The number of aryl methyl sites for hydroxylation is 1. The summed E-state index contributed by atoms with van der Waals surface area (Å²) in [6.07, 6.45) is 2.01. The van der Waals surface area contributed by atoms with E-state index in [1.165, 1.54) is 0 Å². The Morgan fingerprint density at radius 2 is 2.12 bits per heavy atom. The molecule has 0 aliphatic carbocycles. The van der Waals surface area contributed by atoms with Crippen molar-refractivity contribution in [2.75, 3.05) is 26.7 Å². The number of nitrogens with one attached hydrogen (secondary N) is 1. The van der Waals surface area contributed by atoms with Gasteiger partial charge in [0, 0.05) is 13.1 Å². The molecule has 8 nitrogen and oxygen atoms in total.